The first-order valence-electron chi connectivity index (χ1n) is 9.66. The van der Waals surface area contributed by atoms with E-state index in [2.05, 4.69) is 0 Å². The summed E-state index contributed by atoms with van der Waals surface area (Å²) in [5.41, 5.74) is 3.73. The molecule has 0 unspecified atom stereocenters. The summed E-state index contributed by atoms with van der Waals surface area (Å²) in [6.45, 7) is 5.18. The van der Waals surface area contributed by atoms with Crippen molar-refractivity contribution < 1.29 is 14.5 Å². The fourth-order valence-electron chi connectivity index (χ4n) is 3.85. The van der Waals surface area contributed by atoms with E-state index in [4.69, 9.17) is 17.0 Å². The molecule has 0 radical (unpaired) electrons. The summed E-state index contributed by atoms with van der Waals surface area (Å²) < 4.78 is 8.23. The van der Waals surface area contributed by atoms with Gasteiger partial charge >= 0.3 is 0 Å². The van der Waals surface area contributed by atoms with Crippen molar-refractivity contribution in [1.29, 1.82) is 0 Å². The molecule has 1 atom stereocenters. The number of aromatic nitrogens is 1. The van der Waals surface area contributed by atoms with Crippen LogP contribution in [0.3, 0.4) is 0 Å². The second kappa shape index (κ2) is 8.33. The van der Waals surface area contributed by atoms with E-state index in [0.29, 0.717) is 15.8 Å². The maximum Gasteiger partial charge on any atom is 0.269 e. The van der Waals surface area contributed by atoms with Crippen molar-refractivity contribution in [1.82, 2.24) is 9.47 Å². The minimum Gasteiger partial charge on any atom is -0.376 e. The molecule has 1 aromatic heterocycles. The molecule has 4 rings (SSSR count). The molecule has 2 aliphatic heterocycles. The number of hydrogen-bond acceptors (Lipinski definition) is 6. The standard InChI is InChI=1S/C21H21N3O4S2/c1-13-10-15(14(2)23(13)16-5-7-17(8-6-16)24(26)27)11-19-20(25)22(21(29)30-19)12-18-4-3-9-28-18/h5-8,10-11,18H,3-4,9,12H2,1-2H3/b19-11-/t18-/m1/s1. The van der Waals surface area contributed by atoms with E-state index in [0.717, 1.165) is 42.1 Å². The van der Waals surface area contributed by atoms with Gasteiger partial charge in [0, 0.05) is 35.8 Å². The molecule has 3 heterocycles. The van der Waals surface area contributed by atoms with Crippen LogP contribution in [0.5, 0.6) is 0 Å². The van der Waals surface area contributed by atoms with Crippen LogP contribution >= 0.6 is 24.0 Å². The lowest BCUT2D eigenvalue weighted by molar-refractivity contribution is -0.384. The van der Waals surface area contributed by atoms with Crippen molar-refractivity contribution >= 4 is 46.0 Å². The number of benzene rings is 1. The summed E-state index contributed by atoms with van der Waals surface area (Å²) in [5, 5.41) is 10.9. The molecule has 7 nitrogen and oxygen atoms in total. The van der Waals surface area contributed by atoms with Gasteiger partial charge in [-0.3, -0.25) is 19.8 Å². The van der Waals surface area contributed by atoms with Crippen LogP contribution in [-0.2, 0) is 9.53 Å². The third-order valence-electron chi connectivity index (χ3n) is 5.36. The van der Waals surface area contributed by atoms with Crippen molar-refractivity contribution in [2.75, 3.05) is 13.2 Å². The second-order valence-corrected chi connectivity index (χ2v) is 9.04. The fourth-order valence-corrected chi connectivity index (χ4v) is 5.11. The van der Waals surface area contributed by atoms with Crippen molar-refractivity contribution in [2.45, 2.75) is 32.8 Å². The molecule has 156 valence electrons. The molecule has 30 heavy (non-hydrogen) atoms. The van der Waals surface area contributed by atoms with Crippen LogP contribution in [0.2, 0.25) is 0 Å². The molecular weight excluding hydrogens is 422 g/mol. The molecule has 2 saturated heterocycles. The van der Waals surface area contributed by atoms with E-state index in [1.807, 2.05) is 30.6 Å². The maximum atomic E-state index is 12.9. The van der Waals surface area contributed by atoms with Gasteiger partial charge < -0.3 is 9.30 Å². The largest absolute Gasteiger partial charge is 0.376 e. The number of ether oxygens (including phenoxy) is 1. The van der Waals surface area contributed by atoms with Gasteiger partial charge in [0.15, 0.2) is 0 Å². The number of nitrogens with zero attached hydrogens (tertiary/aromatic N) is 3. The van der Waals surface area contributed by atoms with E-state index < -0.39 is 4.92 Å². The highest BCUT2D eigenvalue weighted by molar-refractivity contribution is 8.26. The Bertz CT molecular complexity index is 1050. The molecule has 0 aliphatic carbocycles. The molecule has 1 amide bonds. The number of amides is 1. The second-order valence-electron chi connectivity index (χ2n) is 7.36. The fraction of sp³-hybridized carbons (Fsp3) is 0.333. The van der Waals surface area contributed by atoms with Crippen molar-refractivity contribution in [3.8, 4) is 5.69 Å². The summed E-state index contributed by atoms with van der Waals surface area (Å²) in [7, 11) is 0. The number of carbonyl (C=O) groups excluding carboxylic acids is 1. The van der Waals surface area contributed by atoms with Crippen LogP contribution in [0.4, 0.5) is 5.69 Å². The summed E-state index contributed by atoms with van der Waals surface area (Å²) in [4.78, 5) is 25.6. The van der Waals surface area contributed by atoms with Crippen molar-refractivity contribution in [3.05, 3.63) is 62.3 Å². The topological polar surface area (TPSA) is 77.6 Å². The van der Waals surface area contributed by atoms with Gasteiger partial charge in [0.25, 0.3) is 11.6 Å². The normalized spacial score (nSPS) is 20.5. The molecule has 0 spiro atoms. The number of thioether (sulfide) groups is 1. The Hall–Kier alpha value is -2.49. The van der Waals surface area contributed by atoms with E-state index in [1.165, 1.54) is 23.9 Å². The molecule has 0 N–H and O–H groups in total. The van der Waals surface area contributed by atoms with Crippen LogP contribution in [0.1, 0.15) is 29.8 Å². The van der Waals surface area contributed by atoms with Gasteiger partial charge in [-0.05, 0) is 56.5 Å². The van der Waals surface area contributed by atoms with Gasteiger partial charge in [0.1, 0.15) is 4.32 Å². The minimum atomic E-state index is -0.414. The van der Waals surface area contributed by atoms with E-state index in [-0.39, 0.29) is 17.7 Å². The van der Waals surface area contributed by atoms with Gasteiger partial charge in [0.2, 0.25) is 0 Å². The molecule has 2 aromatic rings. The van der Waals surface area contributed by atoms with E-state index in [9.17, 15) is 14.9 Å². The van der Waals surface area contributed by atoms with Crippen molar-refractivity contribution in [3.63, 3.8) is 0 Å². The summed E-state index contributed by atoms with van der Waals surface area (Å²) in [6.07, 6.45) is 3.90. The van der Waals surface area contributed by atoms with Crippen LogP contribution in [-0.4, -0.2) is 43.9 Å². The highest BCUT2D eigenvalue weighted by atomic mass is 32.2. The Kier molecular flexibility index (Phi) is 5.77. The lowest BCUT2D eigenvalue weighted by Gasteiger charge is -2.18. The number of hydrogen-bond donors (Lipinski definition) is 0. The van der Waals surface area contributed by atoms with Crippen LogP contribution in [0.15, 0.2) is 35.2 Å². The highest BCUT2D eigenvalue weighted by Crippen LogP contribution is 2.35. The molecule has 9 heteroatoms. The number of non-ortho nitro benzene ring substituents is 1. The van der Waals surface area contributed by atoms with Gasteiger partial charge in [0.05, 0.1) is 22.5 Å². The number of rotatable bonds is 5. The first kappa shape index (κ1) is 20.8. The molecule has 0 saturated carbocycles. The number of nitro groups is 1. The maximum absolute atomic E-state index is 12.9. The zero-order valence-corrected chi connectivity index (χ0v) is 18.3. The van der Waals surface area contributed by atoms with Gasteiger partial charge in [-0.1, -0.05) is 24.0 Å². The van der Waals surface area contributed by atoms with Crippen molar-refractivity contribution in [2.24, 2.45) is 0 Å². The third kappa shape index (κ3) is 3.92. The number of carbonyl (C=O) groups is 1. The van der Waals surface area contributed by atoms with E-state index in [1.54, 1.807) is 17.0 Å². The molecule has 2 aliphatic rings. The SMILES string of the molecule is Cc1cc(/C=C2\SC(=S)N(C[C@H]3CCCO3)C2=O)c(C)n1-c1ccc([N+](=O)[O-])cc1. The third-order valence-corrected chi connectivity index (χ3v) is 6.74. The highest BCUT2D eigenvalue weighted by Gasteiger charge is 2.34. The monoisotopic (exact) mass is 443 g/mol. The predicted octanol–water partition coefficient (Wildman–Crippen LogP) is 4.38. The number of thiocarbonyl (C=S) groups is 1. The average molecular weight is 444 g/mol. The first-order valence-corrected chi connectivity index (χ1v) is 10.9. The quantitative estimate of drug-likeness (QED) is 0.295. The van der Waals surface area contributed by atoms with Crippen LogP contribution < -0.4 is 0 Å². The molecule has 1 aromatic carbocycles. The van der Waals surface area contributed by atoms with Gasteiger partial charge in [-0.25, -0.2) is 0 Å². The number of nitro benzene ring substituents is 1. The minimum absolute atomic E-state index is 0.0522. The lowest BCUT2D eigenvalue weighted by atomic mass is 10.2. The molecule has 2 fully saturated rings. The molecular formula is C21H21N3O4S2. The lowest BCUT2D eigenvalue weighted by Crippen LogP contribution is -2.35. The average Bonchev–Trinajstić information content (AvgIpc) is 3.39. The van der Waals surface area contributed by atoms with Gasteiger partial charge in [-0.15, -0.1) is 0 Å². The van der Waals surface area contributed by atoms with Crippen LogP contribution in [0, 0.1) is 24.0 Å². The Labute approximate surface area is 183 Å². The molecule has 0 bridgehead atoms. The first-order chi connectivity index (χ1) is 14.3. The van der Waals surface area contributed by atoms with E-state index >= 15 is 0 Å². The Morgan fingerprint density at radius 2 is 2.07 bits per heavy atom. The van der Waals surface area contributed by atoms with Crippen LogP contribution in [0.25, 0.3) is 11.8 Å². The zero-order chi connectivity index (χ0) is 21.4. The summed E-state index contributed by atoms with van der Waals surface area (Å²) in [6, 6.07) is 8.43. The summed E-state index contributed by atoms with van der Waals surface area (Å²) >= 11 is 6.74. The zero-order valence-electron chi connectivity index (χ0n) is 16.7. The smallest absolute Gasteiger partial charge is 0.269 e. The number of aryl methyl sites for hydroxylation is 1. The Morgan fingerprint density at radius 1 is 1.33 bits per heavy atom. The summed E-state index contributed by atoms with van der Waals surface area (Å²) in [5.74, 6) is -0.0827. The predicted molar refractivity (Wildman–Crippen MR) is 121 cm³/mol. The Morgan fingerprint density at radius 3 is 2.70 bits per heavy atom. The van der Waals surface area contributed by atoms with Gasteiger partial charge in [-0.2, -0.15) is 0 Å². The Balaban J connectivity index is 1.60.